The van der Waals surface area contributed by atoms with E-state index >= 15 is 0 Å². The molecule has 0 fully saturated rings. The third kappa shape index (κ3) is 4.00. The van der Waals surface area contributed by atoms with Crippen LogP contribution < -0.4 is 16.3 Å². The summed E-state index contributed by atoms with van der Waals surface area (Å²) in [6.45, 7) is 2.12. The van der Waals surface area contributed by atoms with Gasteiger partial charge in [-0.1, -0.05) is 6.07 Å². The molecule has 4 aromatic rings. The van der Waals surface area contributed by atoms with Gasteiger partial charge in [0.15, 0.2) is 0 Å². The zero-order valence-corrected chi connectivity index (χ0v) is 16.4. The Bertz CT molecular complexity index is 1230. The van der Waals surface area contributed by atoms with Crippen molar-refractivity contribution in [1.29, 1.82) is 0 Å². The molecule has 7 heteroatoms. The maximum atomic E-state index is 12.1. The summed E-state index contributed by atoms with van der Waals surface area (Å²) < 4.78 is 5.27. The lowest BCUT2D eigenvalue weighted by molar-refractivity contribution is 0.103. The van der Waals surface area contributed by atoms with Crippen molar-refractivity contribution < 1.29 is 14.3 Å². The number of amides is 1. The smallest absolute Gasteiger partial charge is 0.336 e. The molecule has 0 aliphatic heterocycles. The van der Waals surface area contributed by atoms with E-state index in [9.17, 15) is 14.7 Å². The SMILES string of the molecule is Cc1c(O)ccc2c(CNc3ccc(NC(=O)c4cccs4)cc3)cc(=O)oc12. The molecule has 0 aliphatic carbocycles. The zero-order chi connectivity index (χ0) is 20.4. The van der Waals surface area contributed by atoms with E-state index in [1.807, 2.05) is 35.7 Å². The summed E-state index contributed by atoms with van der Waals surface area (Å²) in [5.41, 5.74) is 2.78. The number of hydrogen-bond acceptors (Lipinski definition) is 6. The first-order valence-electron chi connectivity index (χ1n) is 8.95. The highest BCUT2D eigenvalue weighted by Crippen LogP contribution is 2.28. The van der Waals surface area contributed by atoms with Crippen LogP contribution in [0.3, 0.4) is 0 Å². The van der Waals surface area contributed by atoms with Crippen molar-refractivity contribution in [1.82, 2.24) is 0 Å². The van der Waals surface area contributed by atoms with Crippen LogP contribution in [0.15, 0.2) is 69.2 Å². The van der Waals surface area contributed by atoms with Gasteiger partial charge in [0, 0.05) is 34.9 Å². The van der Waals surface area contributed by atoms with E-state index < -0.39 is 5.63 Å². The highest BCUT2D eigenvalue weighted by atomic mass is 32.1. The van der Waals surface area contributed by atoms with Crippen LogP contribution in [0.25, 0.3) is 11.0 Å². The minimum atomic E-state index is -0.463. The van der Waals surface area contributed by atoms with Gasteiger partial charge in [0.1, 0.15) is 11.3 Å². The highest BCUT2D eigenvalue weighted by Gasteiger charge is 2.11. The Labute approximate surface area is 170 Å². The maximum absolute atomic E-state index is 12.1. The number of aryl methyl sites for hydroxylation is 1. The summed E-state index contributed by atoms with van der Waals surface area (Å²) in [4.78, 5) is 24.7. The molecule has 2 aromatic heterocycles. The first-order valence-corrected chi connectivity index (χ1v) is 9.83. The number of phenolic OH excluding ortho intramolecular Hbond substituents is 1. The van der Waals surface area contributed by atoms with E-state index in [2.05, 4.69) is 10.6 Å². The van der Waals surface area contributed by atoms with Gasteiger partial charge in [0.2, 0.25) is 0 Å². The van der Waals surface area contributed by atoms with Crippen LogP contribution in [0.5, 0.6) is 5.75 Å². The third-order valence-corrected chi connectivity index (χ3v) is 5.46. The van der Waals surface area contributed by atoms with Gasteiger partial charge in [-0.15, -0.1) is 11.3 Å². The van der Waals surface area contributed by atoms with Gasteiger partial charge in [0.05, 0.1) is 4.88 Å². The number of anilines is 2. The second-order valence-corrected chi connectivity index (χ2v) is 7.49. The minimum Gasteiger partial charge on any atom is -0.508 e. The molecule has 2 aromatic carbocycles. The number of aromatic hydroxyl groups is 1. The Kier molecular flexibility index (Phi) is 5.05. The summed E-state index contributed by atoms with van der Waals surface area (Å²) in [6, 6.07) is 15.7. The molecular formula is C22H18N2O4S. The largest absolute Gasteiger partial charge is 0.508 e. The first-order chi connectivity index (χ1) is 14.0. The van der Waals surface area contributed by atoms with E-state index in [1.165, 1.54) is 17.4 Å². The topological polar surface area (TPSA) is 91.6 Å². The number of nitrogens with one attached hydrogen (secondary N) is 2. The van der Waals surface area contributed by atoms with Gasteiger partial charge in [-0.3, -0.25) is 4.79 Å². The predicted molar refractivity (Wildman–Crippen MR) is 115 cm³/mol. The molecule has 0 atom stereocenters. The van der Waals surface area contributed by atoms with Gasteiger partial charge >= 0.3 is 5.63 Å². The molecule has 0 saturated carbocycles. The molecule has 0 radical (unpaired) electrons. The van der Waals surface area contributed by atoms with E-state index in [4.69, 9.17) is 4.42 Å². The molecule has 0 spiro atoms. The first kappa shape index (κ1) is 18.8. The molecular weight excluding hydrogens is 388 g/mol. The summed E-state index contributed by atoms with van der Waals surface area (Å²) in [6.07, 6.45) is 0. The van der Waals surface area contributed by atoms with Crippen molar-refractivity contribution in [2.45, 2.75) is 13.5 Å². The van der Waals surface area contributed by atoms with Crippen molar-refractivity contribution in [2.75, 3.05) is 10.6 Å². The van der Waals surface area contributed by atoms with Crippen LogP contribution in [0.1, 0.15) is 20.8 Å². The lowest BCUT2D eigenvalue weighted by Crippen LogP contribution is -2.10. The van der Waals surface area contributed by atoms with Crippen molar-refractivity contribution in [3.63, 3.8) is 0 Å². The Morgan fingerprint density at radius 2 is 1.86 bits per heavy atom. The number of hydrogen-bond donors (Lipinski definition) is 3. The van der Waals surface area contributed by atoms with E-state index in [-0.39, 0.29) is 11.7 Å². The molecule has 0 bridgehead atoms. The fourth-order valence-electron chi connectivity index (χ4n) is 3.03. The van der Waals surface area contributed by atoms with Crippen LogP contribution in [-0.2, 0) is 6.54 Å². The summed E-state index contributed by atoms with van der Waals surface area (Å²) in [5.74, 6) is -0.0484. The molecule has 2 heterocycles. The number of thiophene rings is 1. The number of phenols is 1. The Morgan fingerprint density at radius 1 is 1.10 bits per heavy atom. The van der Waals surface area contributed by atoms with Crippen molar-refractivity contribution in [2.24, 2.45) is 0 Å². The van der Waals surface area contributed by atoms with Crippen molar-refractivity contribution in [3.8, 4) is 5.75 Å². The standard InChI is InChI=1S/C22H18N2O4S/c1-13-18(25)9-8-17-14(11-20(26)28-21(13)17)12-23-15-4-6-16(7-5-15)24-22(27)19-3-2-10-29-19/h2-11,23,25H,12H2,1H3,(H,24,27). The Hall–Kier alpha value is -3.58. The van der Waals surface area contributed by atoms with Gasteiger partial charge in [-0.2, -0.15) is 0 Å². The molecule has 1 amide bonds. The lowest BCUT2D eigenvalue weighted by Gasteiger charge is -2.11. The number of carbonyl (C=O) groups excluding carboxylic acids is 1. The number of rotatable bonds is 5. The third-order valence-electron chi connectivity index (χ3n) is 4.59. The monoisotopic (exact) mass is 406 g/mol. The van der Waals surface area contributed by atoms with Crippen LogP contribution in [0.2, 0.25) is 0 Å². The number of carbonyl (C=O) groups is 1. The second-order valence-electron chi connectivity index (χ2n) is 6.54. The van der Waals surface area contributed by atoms with Crippen LogP contribution in [-0.4, -0.2) is 11.0 Å². The van der Waals surface area contributed by atoms with Gasteiger partial charge in [-0.25, -0.2) is 4.79 Å². The molecule has 3 N–H and O–H groups in total. The Morgan fingerprint density at radius 3 is 2.59 bits per heavy atom. The highest BCUT2D eigenvalue weighted by molar-refractivity contribution is 7.12. The average molecular weight is 406 g/mol. The fraction of sp³-hybridized carbons (Fsp3) is 0.0909. The predicted octanol–water partition coefficient (Wildman–Crippen LogP) is 4.73. The molecule has 146 valence electrons. The normalized spacial score (nSPS) is 10.8. The van der Waals surface area contributed by atoms with E-state index in [0.29, 0.717) is 28.3 Å². The molecule has 0 aliphatic rings. The van der Waals surface area contributed by atoms with Crippen LogP contribution >= 0.6 is 11.3 Å². The lowest BCUT2D eigenvalue weighted by atomic mass is 10.1. The van der Waals surface area contributed by atoms with Crippen LogP contribution in [0, 0.1) is 6.92 Å². The molecule has 29 heavy (non-hydrogen) atoms. The quantitative estimate of drug-likeness (QED) is 0.417. The van der Waals surface area contributed by atoms with E-state index in [0.717, 1.165) is 16.6 Å². The van der Waals surface area contributed by atoms with Gasteiger partial charge in [0.25, 0.3) is 5.91 Å². The number of fused-ring (bicyclic) bond motifs is 1. The summed E-state index contributed by atoms with van der Waals surface area (Å²) in [5, 5.41) is 18.6. The van der Waals surface area contributed by atoms with E-state index in [1.54, 1.807) is 25.1 Å². The fourth-order valence-corrected chi connectivity index (χ4v) is 3.65. The van der Waals surface area contributed by atoms with Crippen molar-refractivity contribution >= 4 is 39.6 Å². The summed E-state index contributed by atoms with van der Waals surface area (Å²) in [7, 11) is 0. The zero-order valence-electron chi connectivity index (χ0n) is 15.6. The minimum absolute atomic E-state index is 0.0888. The summed E-state index contributed by atoms with van der Waals surface area (Å²) >= 11 is 1.39. The molecule has 6 nitrogen and oxygen atoms in total. The van der Waals surface area contributed by atoms with Crippen molar-refractivity contribution in [3.05, 3.63) is 86.4 Å². The van der Waals surface area contributed by atoms with Crippen LogP contribution in [0.4, 0.5) is 11.4 Å². The average Bonchev–Trinajstić information content (AvgIpc) is 3.25. The Balaban J connectivity index is 1.49. The van der Waals surface area contributed by atoms with Gasteiger partial charge < -0.3 is 20.2 Å². The maximum Gasteiger partial charge on any atom is 0.336 e. The second kappa shape index (κ2) is 7.81. The van der Waals surface area contributed by atoms with Gasteiger partial charge in [-0.05, 0) is 60.3 Å². The molecule has 0 unspecified atom stereocenters. The molecule has 4 rings (SSSR count). The molecule has 0 saturated heterocycles. The number of benzene rings is 2.